The van der Waals surface area contributed by atoms with Gasteiger partial charge in [-0.15, -0.1) is 0 Å². The second kappa shape index (κ2) is 7.86. The number of halogens is 2. The molecule has 1 atom stereocenters. The molecule has 0 spiro atoms. The van der Waals surface area contributed by atoms with Crippen molar-refractivity contribution in [3.05, 3.63) is 47.7 Å². The largest absolute Gasteiger partial charge is 0.433 e. The quantitative estimate of drug-likeness (QED) is 0.562. The number of alkyl halides is 2. The highest BCUT2D eigenvalue weighted by molar-refractivity contribution is 6.13. The summed E-state index contributed by atoms with van der Waals surface area (Å²) >= 11 is 0. The molecule has 0 saturated carbocycles. The molecule has 0 radical (unpaired) electrons. The van der Waals surface area contributed by atoms with Crippen LogP contribution in [0.25, 0.3) is 0 Å². The second-order valence-corrected chi connectivity index (χ2v) is 5.37. The maximum absolute atomic E-state index is 12.8. The highest BCUT2D eigenvalue weighted by Crippen LogP contribution is 2.28. The third-order valence-electron chi connectivity index (χ3n) is 3.29. The number of rotatable bonds is 7. The standard InChI is InChI=1S/C17H16F2N4O3/c1-17(18,19)26-11-4-2-10(3-5-11)23-16-15(13(21)8-20)12(6-7-22-16)14(25)9-24/h2-7,14,21,24-25H,9H2,1H3,(H,22,23). The molecule has 0 fully saturated rings. The minimum absolute atomic E-state index is 0.0366. The number of aliphatic hydroxyl groups is 2. The summed E-state index contributed by atoms with van der Waals surface area (Å²) < 4.78 is 30.1. The van der Waals surface area contributed by atoms with Crippen molar-refractivity contribution in [1.82, 2.24) is 4.98 Å². The molecule has 2 aromatic rings. The van der Waals surface area contributed by atoms with Gasteiger partial charge in [-0.2, -0.15) is 14.0 Å². The Morgan fingerprint density at radius 3 is 2.58 bits per heavy atom. The summed E-state index contributed by atoms with van der Waals surface area (Å²) in [7, 11) is 0. The molecule has 2 rings (SSSR count). The molecule has 4 N–H and O–H groups in total. The molecular weight excluding hydrogens is 346 g/mol. The van der Waals surface area contributed by atoms with Crippen LogP contribution in [0, 0.1) is 16.7 Å². The Morgan fingerprint density at radius 1 is 1.38 bits per heavy atom. The molecule has 1 aromatic carbocycles. The minimum atomic E-state index is -3.31. The smallest absolute Gasteiger partial charge is 0.394 e. The van der Waals surface area contributed by atoms with Crippen LogP contribution in [0.2, 0.25) is 0 Å². The maximum Gasteiger partial charge on any atom is 0.394 e. The third kappa shape index (κ3) is 4.72. The van der Waals surface area contributed by atoms with Gasteiger partial charge in [-0.1, -0.05) is 0 Å². The van der Waals surface area contributed by atoms with E-state index in [0.29, 0.717) is 12.6 Å². The number of anilines is 2. The van der Waals surface area contributed by atoms with Gasteiger partial charge >= 0.3 is 6.11 Å². The Morgan fingerprint density at radius 2 is 2.04 bits per heavy atom. The predicted octanol–water partition coefficient (Wildman–Crippen LogP) is 2.73. The van der Waals surface area contributed by atoms with Gasteiger partial charge in [0.15, 0.2) is 0 Å². The molecule has 1 aromatic heterocycles. The van der Waals surface area contributed by atoms with Crippen LogP contribution in [0.5, 0.6) is 5.75 Å². The van der Waals surface area contributed by atoms with Gasteiger partial charge in [-0.25, -0.2) is 4.98 Å². The van der Waals surface area contributed by atoms with E-state index < -0.39 is 24.5 Å². The Balaban J connectivity index is 2.34. The van der Waals surface area contributed by atoms with E-state index in [-0.39, 0.29) is 22.7 Å². The molecule has 0 aliphatic carbocycles. The van der Waals surface area contributed by atoms with Gasteiger partial charge in [0.25, 0.3) is 0 Å². The average molecular weight is 362 g/mol. The van der Waals surface area contributed by atoms with E-state index in [1.54, 1.807) is 6.07 Å². The third-order valence-corrected chi connectivity index (χ3v) is 3.29. The highest BCUT2D eigenvalue weighted by atomic mass is 19.3. The van der Waals surface area contributed by atoms with Crippen LogP contribution in [0.15, 0.2) is 36.5 Å². The molecule has 9 heteroatoms. The topological polar surface area (TPSA) is 122 Å². The van der Waals surface area contributed by atoms with Crippen LogP contribution in [-0.4, -0.2) is 33.6 Å². The van der Waals surface area contributed by atoms with Crippen LogP contribution in [0.3, 0.4) is 0 Å². The summed E-state index contributed by atoms with van der Waals surface area (Å²) in [6, 6.07) is 8.62. The molecule has 136 valence electrons. The van der Waals surface area contributed by atoms with Crippen LogP contribution in [0.4, 0.5) is 20.3 Å². The van der Waals surface area contributed by atoms with E-state index in [1.165, 1.54) is 36.5 Å². The van der Waals surface area contributed by atoms with Crippen molar-refractivity contribution < 1.29 is 23.7 Å². The normalized spacial score (nSPS) is 12.2. The minimum Gasteiger partial charge on any atom is -0.433 e. The maximum atomic E-state index is 12.8. The van der Waals surface area contributed by atoms with Gasteiger partial charge in [-0.05, 0) is 35.9 Å². The Labute approximate surface area is 148 Å². The van der Waals surface area contributed by atoms with Crippen LogP contribution >= 0.6 is 0 Å². The number of aromatic nitrogens is 1. The number of nitrogens with one attached hydrogen (secondary N) is 2. The first-order chi connectivity index (χ1) is 12.2. The van der Waals surface area contributed by atoms with Gasteiger partial charge in [-0.3, -0.25) is 5.41 Å². The molecule has 0 aliphatic rings. The van der Waals surface area contributed by atoms with Crippen molar-refractivity contribution >= 4 is 17.2 Å². The van der Waals surface area contributed by atoms with Crippen molar-refractivity contribution in [2.75, 3.05) is 11.9 Å². The SMILES string of the molecule is CC(F)(F)Oc1ccc(Nc2nccc(C(O)CO)c2C(=N)C#N)cc1. The summed E-state index contributed by atoms with van der Waals surface area (Å²) in [5.74, 6) is 0.0708. The lowest BCUT2D eigenvalue weighted by Crippen LogP contribution is -2.19. The number of hydrogen-bond acceptors (Lipinski definition) is 7. The zero-order chi connectivity index (χ0) is 19.3. The number of ether oxygens (including phenoxy) is 1. The predicted molar refractivity (Wildman–Crippen MR) is 89.7 cm³/mol. The van der Waals surface area contributed by atoms with Gasteiger partial charge in [0.05, 0.1) is 12.2 Å². The first-order valence-corrected chi connectivity index (χ1v) is 7.46. The lowest BCUT2D eigenvalue weighted by molar-refractivity contribution is -0.158. The van der Waals surface area contributed by atoms with Crippen molar-refractivity contribution in [3.63, 3.8) is 0 Å². The van der Waals surface area contributed by atoms with E-state index in [1.807, 2.05) is 0 Å². The van der Waals surface area contributed by atoms with Gasteiger partial charge in [0.2, 0.25) is 0 Å². The monoisotopic (exact) mass is 362 g/mol. The van der Waals surface area contributed by atoms with E-state index in [2.05, 4.69) is 15.0 Å². The highest BCUT2D eigenvalue weighted by Gasteiger charge is 2.23. The molecule has 7 nitrogen and oxygen atoms in total. The summed E-state index contributed by atoms with van der Waals surface area (Å²) in [6.07, 6.45) is -3.25. The Hall–Kier alpha value is -3.09. The van der Waals surface area contributed by atoms with Crippen LogP contribution < -0.4 is 10.1 Å². The Bertz CT molecular complexity index is 829. The van der Waals surface area contributed by atoms with E-state index in [0.717, 1.165) is 0 Å². The summed E-state index contributed by atoms with van der Waals surface area (Å²) in [5.41, 5.74) is 0.194. The number of nitrogens with zero attached hydrogens (tertiary/aromatic N) is 2. The van der Waals surface area contributed by atoms with Gasteiger partial charge in [0.1, 0.15) is 29.5 Å². The van der Waals surface area contributed by atoms with Gasteiger partial charge in [0, 0.05) is 18.8 Å². The lowest BCUT2D eigenvalue weighted by Gasteiger charge is -2.17. The van der Waals surface area contributed by atoms with Crippen LogP contribution in [-0.2, 0) is 0 Å². The first-order valence-electron chi connectivity index (χ1n) is 7.46. The number of hydrogen-bond donors (Lipinski definition) is 4. The van der Waals surface area contributed by atoms with Gasteiger partial charge < -0.3 is 20.3 Å². The fourth-order valence-corrected chi connectivity index (χ4v) is 2.22. The lowest BCUT2D eigenvalue weighted by atomic mass is 10.0. The summed E-state index contributed by atoms with van der Waals surface area (Å²) in [6.45, 7) is 0.0350. The summed E-state index contributed by atoms with van der Waals surface area (Å²) in [4.78, 5) is 4.06. The average Bonchev–Trinajstić information content (AvgIpc) is 2.60. The Kier molecular flexibility index (Phi) is 5.82. The zero-order valence-electron chi connectivity index (χ0n) is 13.7. The van der Waals surface area contributed by atoms with Crippen molar-refractivity contribution in [2.24, 2.45) is 0 Å². The zero-order valence-corrected chi connectivity index (χ0v) is 13.7. The number of pyridine rings is 1. The molecule has 1 heterocycles. The van der Waals surface area contributed by atoms with E-state index in [4.69, 9.17) is 15.8 Å². The fourth-order valence-electron chi connectivity index (χ4n) is 2.22. The fraction of sp³-hybridized carbons (Fsp3) is 0.235. The second-order valence-electron chi connectivity index (χ2n) is 5.37. The molecule has 26 heavy (non-hydrogen) atoms. The number of benzene rings is 1. The summed E-state index contributed by atoms with van der Waals surface area (Å²) in [5, 5.41) is 38.7. The van der Waals surface area contributed by atoms with E-state index in [9.17, 15) is 13.9 Å². The number of aliphatic hydroxyl groups excluding tert-OH is 2. The van der Waals surface area contributed by atoms with Crippen LogP contribution in [0.1, 0.15) is 24.2 Å². The molecule has 0 amide bonds. The van der Waals surface area contributed by atoms with Crippen molar-refractivity contribution in [3.8, 4) is 11.8 Å². The van der Waals surface area contributed by atoms with Crippen molar-refractivity contribution in [2.45, 2.75) is 19.1 Å². The molecule has 1 unspecified atom stereocenters. The molecule has 0 saturated heterocycles. The molecular formula is C17H16F2N4O3. The first kappa shape index (κ1) is 19.2. The molecule has 0 aliphatic heterocycles. The molecule has 0 bridgehead atoms. The van der Waals surface area contributed by atoms with E-state index >= 15 is 0 Å². The van der Waals surface area contributed by atoms with Crippen molar-refractivity contribution in [1.29, 1.82) is 10.7 Å². The number of nitriles is 1.